The van der Waals surface area contributed by atoms with Crippen molar-refractivity contribution in [2.45, 2.75) is 39.3 Å². The molecule has 0 aliphatic heterocycles. The molecule has 0 radical (unpaired) electrons. The zero-order valence-electron chi connectivity index (χ0n) is 12.7. The molecule has 2 aromatic heterocycles. The highest BCUT2D eigenvalue weighted by molar-refractivity contribution is 7.14. The third-order valence-electron chi connectivity index (χ3n) is 3.05. The summed E-state index contributed by atoms with van der Waals surface area (Å²) in [5, 5.41) is 23.0. The molecule has 1 amide bonds. The third-order valence-corrected chi connectivity index (χ3v) is 3.93. The third kappa shape index (κ3) is 2.92. The van der Waals surface area contributed by atoms with E-state index in [2.05, 4.69) is 15.1 Å². The van der Waals surface area contributed by atoms with Crippen LogP contribution in [0.3, 0.4) is 0 Å². The van der Waals surface area contributed by atoms with E-state index in [4.69, 9.17) is 5.26 Å². The Morgan fingerprint density at radius 3 is 2.68 bits per heavy atom. The molecule has 2 heterocycles. The molecule has 0 fully saturated rings. The molecule has 116 valence electrons. The lowest BCUT2D eigenvalue weighted by atomic mass is 10.0. The van der Waals surface area contributed by atoms with Crippen molar-refractivity contribution in [1.82, 2.24) is 24.6 Å². The van der Waals surface area contributed by atoms with E-state index in [9.17, 15) is 9.90 Å². The van der Waals surface area contributed by atoms with Crippen LogP contribution < -0.4 is 0 Å². The average Bonchev–Trinajstić information content (AvgIpc) is 3.05. The van der Waals surface area contributed by atoms with Crippen LogP contribution in [0.4, 0.5) is 4.79 Å². The molecule has 0 saturated heterocycles. The summed E-state index contributed by atoms with van der Waals surface area (Å²) in [5.74, 6) is 0.455. The average molecular weight is 320 g/mol. The Morgan fingerprint density at radius 1 is 1.50 bits per heavy atom. The summed E-state index contributed by atoms with van der Waals surface area (Å²) in [6, 6.07) is 1.49. The molecule has 0 spiro atoms. The minimum Gasteiger partial charge on any atom is -0.465 e. The van der Waals surface area contributed by atoms with Crippen molar-refractivity contribution >= 4 is 17.4 Å². The standard InChI is InChI=1S/C13H16N6O2S/c1-8(18(12(20)21)13(2,3)4)10-16-7-17-19(10)11-15-6-9(5-14)22-11/h6-8H,1-4H3,(H,20,21). The van der Waals surface area contributed by atoms with Crippen LogP contribution in [0, 0.1) is 11.3 Å². The fourth-order valence-corrected chi connectivity index (χ4v) is 2.93. The van der Waals surface area contributed by atoms with Gasteiger partial charge in [-0.2, -0.15) is 15.0 Å². The summed E-state index contributed by atoms with van der Waals surface area (Å²) in [4.78, 5) is 21.7. The number of carboxylic acid groups (broad SMARTS) is 1. The topological polar surface area (TPSA) is 108 Å². The maximum Gasteiger partial charge on any atom is 0.408 e. The van der Waals surface area contributed by atoms with Crippen LogP contribution in [0.2, 0.25) is 0 Å². The number of aromatic nitrogens is 4. The number of nitrogens with zero attached hydrogens (tertiary/aromatic N) is 6. The normalized spacial score (nSPS) is 12.7. The second kappa shape index (κ2) is 5.73. The Balaban J connectivity index is 2.44. The lowest BCUT2D eigenvalue weighted by Gasteiger charge is -2.37. The Hall–Kier alpha value is -2.47. The highest BCUT2D eigenvalue weighted by Crippen LogP contribution is 2.28. The van der Waals surface area contributed by atoms with Gasteiger partial charge >= 0.3 is 6.09 Å². The number of rotatable bonds is 3. The van der Waals surface area contributed by atoms with Crippen LogP contribution in [0.5, 0.6) is 0 Å². The number of nitriles is 1. The minimum atomic E-state index is -1.04. The predicted molar refractivity (Wildman–Crippen MR) is 79.8 cm³/mol. The van der Waals surface area contributed by atoms with E-state index in [0.717, 1.165) is 0 Å². The van der Waals surface area contributed by atoms with Crippen molar-refractivity contribution in [3.05, 3.63) is 23.2 Å². The van der Waals surface area contributed by atoms with E-state index in [0.29, 0.717) is 15.8 Å². The summed E-state index contributed by atoms with van der Waals surface area (Å²) in [7, 11) is 0. The fourth-order valence-electron chi connectivity index (χ4n) is 2.25. The maximum absolute atomic E-state index is 11.6. The number of carbonyl (C=O) groups is 1. The van der Waals surface area contributed by atoms with Crippen LogP contribution in [0.25, 0.3) is 5.13 Å². The minimum absolute atomic E-state index is 0.454. The summed E-state index contributed by atoms with van der Waals surface area (Å²) < 4.78 is 1.47. The molecule has 1 N–H and O–H groups in total. The molecular formula is C13H16N6O2S. The molecule has 0 saturated carbocycles. The molecule has 0 aliphatic carbocycles. The molecule has 0 bridgehead atoms. The number of hydrogen-bond acceptors (Lipinski definition) is 6. The van der Waals surface area contributed by atoms with Crippen molar-refractivity contribution in [2.24, 2.45) is 0 Å². The summed E-state index contributed by atoms with van der Waals surface area (Å²) in [6.45, 7) is 7.19. The predicted octanol–water partition coefficient (Wildman–Crippen LogP) is 2.43. The SMILES string of the molecule is CC(c1ncnn1-c1ncc(C#N)s1)N(C(=O)O)C(C)(C)C. The van der Waals surface area contributed by atoms with Gasteiger partial charge in [0.1, 0.15) is 17.3 Å². The van der Waals surface area contributed by atoms with Crippen molar-refractivity contribution < 1.29 is 9.90 Å². The Bertz CT molecular complexity index is 723. The van der Waals surface area contributed by atoms with Crippen LogP contribution >= 0.6 is 11.3 Å². The van der Waals surface area contributed by atoms with E-state index >= 15 is 0 Å². The zero-order chi connectivity index (χ0) is 16.5. The first-order valence-electron chi connectivity index (χ1n) is 6.54. The first-order valence-corrected chi connectivity index (χ1v) is 7.36. The smallest absolute Gasteiger partial charge is 0.408 e. The first-order chi connectivity index (χ1) is 10.3. The second-order valence-corrected chi connectivity index (χ2v) is 6.66. The van der Waals surface area contributed by atoms with Crippen molar-refractivity contribution in [1.29, 1.82) is 5.26 Å². The molecule has 0 aliphatic rings. The van der Waals surface area contributed by atoms with Gasteiger partial charge in [0.2, 0.25) is 5.13 Å². The van der Waals surface area contributed by atoms with Gasteiger partial charge in [-0.15, -0.1) is 0 Å². The van der Waals surface area contributed by atoms with Crippen LogP contribution in [-0.2, 0) is 0 Å². The molecule has 1 unspecified atom stereocenters. The van der Waals surface area contributed by atoms with E-state index < -0.39 is 17.7 Å². The molecule has 2 aromatic rings. The zero-order valence-corrected chi connectivity index (χ0v) is 13.5. The van der Waals surface area contributed by atoms with Gasteiger partial charge < -0.3 is 5.11 Å². The van der Waals surface area contributed by atoms with Gasteiger partial charge in [-0.05, 0) is 27.7 Å². The van der Waals surface area contributed by atoms with Crippen LogP contribution in [0.15, 0.2) is 12.5 Å². The van der Waals surface area contributed by atoms with Crippen LogP contribution in [0.1, 0.15) is 44.4 Å². The van der Waals surface area contributed by atoms with Crippen LogP contribution in [-0.4, -0.2) is 41.4 Å². The van der Waals surface area contributed by atoms with E-state index in [-0.39, 0.29) is 0 Å². The summed E-state index contributed by atoms with van der Waals surface area (Å²) in [6.07, 6.45) is 1.77. The van der Waals surface area contributed by atoms with Gasteiger partial charge in [0.15, 0.2) is 5.82 Å². The molecular weight excluding hydrogens is 304 g/mol. The lowest BCUT2D eigenvalue weighted by Crippen LogP contribution is -2.47. The molecule has 22 heavy (non-hydrogen) atoms. The number of hydrogen-bond donors (Lipinski definition) is 1. The first kappa shape index (κ1) is 15.9. The Labute approximate surface area is 131 Å². The van der Waals surface area contributed by atoms with Gasteiger partial charge in [-0.1, -0.05) is 11.3 Å². The Kier molecular flexibility index (Phi) is 4.14. The van der Waals surface area contributed by atoms with Crippen molar-refractivity contribution in [3.63, 3.8) is 0 Å². The van der Waals surface area contributed by atoms with Gasteiger partial charge in [-0.3, -0.25) is 4.90 Å². The van der Waals surface area contributed by atoms with Gasteiger partial charge in [0.05, 0.1) is 12.2 Å². The Morgan fingerprint density at radius 2 is 2.18 bits per heavy atom. The van der Waals surface area contributed by atoms with Gasteiger partial charge in [0.25, 0.3) is 0 Å². The largest absolute Gasteiger partial charge is 0.465 e. The van der Waals surface area contributed by atoms with Crippen molar-refractivity contribution in [2.75, 3.05) is 0 Å². The van der Waals surface area contributed by atoms with Gasteiger partial charge in [0, 0.05) is 5.54 Å². The maximum atomic E-state index is 11.6. The second-order valence-electron chi connectivity index (χ2n) is 5.65. The lowest BCUT2D eigenvalue weighted by molar-refractivity contribution is 0.0720. The summed E-state index contributed by atoms with van der Waals surface area (Å²) in [5.41, 5.74) is -0.595. The fraction of sp³-hybridized carbons (Fsp3) is 0.462. The molecule has 8 nitrogen and oxygen atoms in total. The number of thiazole rings is 1. The highest BCUT2D eigenvalue weighted by atomic mass is 32.1. The molecule has 0 aromatic carbocycles. The quantitative estimate of drug-likeness (QED) is 0.930. The highest BCUT2D eigenvalue weighted by Gasteiger charge is 2.34. The summed E-state index contributed by atoms with van der Waals surface area (Å²) >= 11 is 1.17. The monoisotopic (exact) mass is 320 g/mol. The number of amides is 1. The van der Waals surface area contributed by atoms with E-state index in [1.165, 1.54) is 33.4 Å². The molecule has 1 atom stereocenters. The van der Waals surface area contributed by atoms with Gasteiger partial charge in [-0.25, -0.2) is 14.8 Å². The van der Waals surface area contributed by atoms with E-state index in [1.807, 2.05) is 26.8 Å². The molecule has 2 rings (SSSR count). The van der Waals surface area contributed by atoms with Crippen molar-refractivity contribution in [3.8, 4) is 11.2 Å². The van der Waals surface area contributed by atoms with E-state index in [1.54, 1.807) is 6.92 Å². The molecule has 9 heteroatoms.